The Balaban J connectivity index is 4.29. The van der Waals surface area contributed by atoms with Crippen LogP contribution in [0.1, 0.15) is 13.8 Å². The molecule has 0 aromatic carbocycles. The lowest BCUT2D eigenvalue weighted by Crippen LogP contribution is -2.29. The molecule has 0 rings (SSSR count). The molecule has 0 spiro atoms. The van der Waals surface area contributed by atoms with Crippen LogP contribution in [-0.4, -0.2) is 57.7 Å². The number of ether oxygens (including phenoxy) is 2. The zero-order valence-corrected chi connectivity index (χ0v) is 10.8. The first-order valence-electron chi connectivity index (χ1n) is 5.20. The summed E-state index contributed by atoms with van der Waals surface area (Å²) >= 11 is 0. The molecule has 2 N–H and O–H groups in total. The van der Waals surface area contributed by atoms with Crippen LogP contribution in [0.25, 0.3) is 0 Å². The van der Waals surface area contributed by atoms with Crippen molar-refractivity contribution in [1.29, 1.82) is 11.1 Å². The van der Waals surface area contributed by atoms with Crippen LogP contribution in [0, 0.1) is 11.1 Å². The number of nitrogens with zero attached hydrogens (tertiary/aromatic N) is 2. The monoisotopic (exact) mass is 284 g/mol. The molecule has 0 unspecified atom stereocenters. The van der Waals surface area contributed by atoms with Crippen LogP contribution >= 0.6 is 0 Å². The number of rotatable bonds is 7. The van der Waals surface area contributed by atoms with Crippen molar-refractivity contribution in [3.05, 3.63) is 0 Å². The van der Waals surface area contributed by atoms with Gasteiger partial charge in [-0.1, -0.05) is 0 Å². The Morgan fingerprint density at radius 1 is 0.800 bits per heavy atom. The van der Waals surface area contributed by atoms with Crippen LogP contribution in [0.2, 0.25) is 0 Å². The van der Waals surface area contributed by atoms with Gasteiger partial charge in [0.25, 0.3) is 11.6 Å². The van der Waals surface area contributed by atoms with E-state index in [0.717, 1.165) is 13.8 Å². The van der Waals surface area contributed by atoms with Crippen molar-refractivity contribution < 1.29 is 38.2 Å². The molecule has 0 saturated heterocycles. The second-order valence-corrected chi connectivity index (χ2v) is 3.31. The normalized spacial score (nSPS) is 8.70. The predicted octanol–water partition coefficient (Wildman–Crippen LogP) is -1.39. The Bertz CT molecular complexity index is 504. The molecule has 0 aliphatic carbocycles. The lowest BCUT2D eigenvalue weighted by Gasteiger charge is -2.00. The summed E-state index contributed by atoms with van der Waals surface area (Å²) < 4.78 is 9.04. The Morgan fingerprint density at radius 2 is 1.10 bits per heavy atom. The fourth-order valence-corrected chi connectivity index (χ4v) is 0.942. The first-order chi connectivity index (χ1) is 9.34. The summed E-state index contributed by atoms with van der Waals surface area (Å²) in [4.78, 5) is 49.6. The summed E-state index contributed by atoms with van der Waals surface area (Å²) in [6.45, 7) is 1.27. The van der Waals surface area contributed by atoms with Gasteiger partial charge in [-0.25, -0.2) is 9.59 Å². The summed E-state index contributed by atoms with van der Waals surface area (Å²) in [5.74, 6) is -3.71. The van der Waals surface area contributed by atoms with Gasteiger partial charge in [-0.3, -0.25) is 9.59 Å². The lowest BCUT2D eigenvalue weighted by molar-refractivity contribution is -0.161. The van der Waals surface area contributed by atoms with Gasteiger partial charge in [0.15, 0.2) is 0 Å². The molecule has 10 nitrogen and oxygen atoms in total. The van der Waals surface area contributed by atoms with Crippen LogP contribution in [0.3, 0.4) is 0 Å². The zero-order valence-electron chi connectivity index (χ0n) is 10.8. The maximum atomic E-state index is 11.2. The molecular formula is C10H12N4O6+2. The van der Waals surface area contributed by atoms with E-state index in [1.165, 1.54) is 0 Å². The number of Topliss-reactive ketones (excluding diaryl/α,β-unsaturated/α-hetero) is 2. The molecule has 0 amide bonds. The summed E-state index contributed by atoms with van der Waals surface area (Å²) in [6, 6.07) is 0. The third-order valence-corrected chi connectivity index (χ3v) is 1.83. The van der Waals surface area contributed by atoms with E-state index < -0.39 is 48.1 Å². The van der Waals surface area contributed by atoms with Crippen LogP contribution in [0.5, 0.6) is 0 Å². The number of ketones is 2. The third-order valence-electron chi connectivity index (χ3n) is 1.83. The van der Waals surface area contributed by atoms with E-state index in [9.17, 15) is 19.2 Å². The molecule has 0 aliphatic rings. The van der Waals surface area contributed by atoms with Crippen molar-refractivity contribution in [2.45, 2.75) is 13.8 Å². The lowest BCUT2D eigenvalue weighted by atomic mass is 10.3. The summed E-state index contributed by atoms with van der Waals surface area (Å²) in [7, 11) is 0. The van der Waals surface area contributed by atoms with Gasteiger partial charge in [0, 0.05) is 13.8 Å². The van der Waals surface area contributed by atoms with E-state index in [1.807, 2.05) is 0 Å². The van der Waals surface area contributed by atoms with Crippen LogP contribution in [0.4, 0.5) is 0 Å². The average Bonchev–Trinajstić information content (AvgIpc) is 2.35. The third kappa shape index (κ3) is 5.13. The molecule has 106 valence electrons. The Morgan fingerprint density at radius 3 is 1.30 bits per heavy atom. The van der Waals surface area contributed by atoms with Crippen molar-refractivity contribution in [3.8, 4) is 0 Å². The molecule has 0 bridgehead atoms. The fourth-order valence-electron chi connectivity index (χ4n) is 0.942. The molecule has 0 radical (unpaired) electrons. The highest BCUT2D eigenvalue weighted by atomic mass is 16.6. The SMILES string of the molecule is CC(=O)C(=[N+]=N)C(=O)OCCOC(=O)C(=[N+]=N)C(C)=O. The molecule has 10 heteroatoms. The number of nitrogens with one attached hydrogen (secondary N) is 2. The van der Waals surface area contributed by atoms with Gasteiger partial charge in [-0.2, -0.15) is 0 Å². The van der Waals surface area contributed by atoms with Crippen molar-refractivity contribution in [1.82, 2.24) is 0 Å². The summed E-state index contributed by atoms with van der Waals surface area (Å²) in [6.07, 6.45) is 0. The number of carbonyl (C=O) groups excluding carboxylic acids is 4. The van der Waals surface area contributed by atoms with Crippen molar-refractivity contribution in [3.63, 3.8) is 0 Å². The zero-order chi connectivity index (χ0) is 15.7. The Labute approximate surface area is 112 Å². The van der Waals surface area contributed by atoms with E-state index in [2.05, 4.69) is 19.1 Å². The van der Waals surface area contributed by atoms with Crippen LogP contribution in [-0.2, 0) is 28.7 Å². The van der Waals surface area contributed by atoms with Crippen molar-refractivity contribution in [2.75, 3.05) is 13.2 Å². The minimum Gasteiger partial charge on any atom is -0.453 e. The fraction of sp³-hybridized carbons (Fsp3) is 0.400. The predicted molar refractivity (Wildman–Crippen MR) is 59.3 cm³/mol. The maximum Gasteiger partial charge on any atom is 0.490 e. The Kier molecular flexibility index (Phi) is 6.98. The number of carbonyl (C=O) groups is 4. The molecule has 0 aliphatic heterocycles. The topological polar surface area (TPSA) is 163 Å². The van der Waals surface area contributed by atoms with Gasteiger partial charge in [0.1, 0.15) is 13.2 Å². The first kappa shape index (κ1) is 17.0. The molecule has 0 aromatic heterocycles. The molecule has 0 aromatic rings. The molecule has 0 heterocycles. The van der Waals surface area contributed by atoms with E-state index in [1.54, 1.807) is 0 Å². The van der Waals surface area contributed by atoms with Crippen molar-refractivity contribution in [2.24, 2.45) is 0 Å². The summed E-state index contributed by atoms with van der Waals surface area (Å²) in [5.41, 5.74) is 11.8. The highest BCUT2D eigenvalue weighted by Crippen LogP contribution is 1.88. The molecule has 0 fully saturated rings. The maximum absolute atomic E-state index is 11.2. The van der Waals surface area contributed by atoms with Crippen LogP contribution < -0.4 is 0 Å². The van der Waals surface area contributed by atoms with Crippen molar-refractivity contribution >= 4 is 34.9 Å². The largest absolute Gasteiger partial charge is 0.490 e. The van der Waals surface area contributed by atoms with Gasteiger partial charge >= 0.3 is 23.4 Å². The second kappa shape index (κ2) is 8.20. The van der Waals surface area contributed by atoms with Gasteiger partial charge in [-0.05, 0) is 0 Å². The van der Waals surface area contributed by atoms with Gasteiger partial charge < -0.3 is 9.47 Å². The van der Waals surface area contributed by atoms with E-state index in [-0.39, 0.29) is 0 Å². The Hall–Kier alpha value is -2.96. The average molecular weight is 284 g/mol. The highest BCUT2D eigenvalue weighted by Gasteiger charge is 2.32. The second-order valence-electron chi connectivity index (χ2n) is 3.31. The number of hydrogen-bond donors (Lipinski definition) is 2. The van der Waals surface area contributed by atoms with Crippen LogP contribution in [0.15, 0.2) is 0 Å². The molecule has 20 heavy (non-hydrogen) atoms. The number of esters is 2. The van der Waals surface area contributed by atoms with Gasteiger partial charge in [0.2, 0.25) is 0 Å². The summed E-state index contributed by atoms with van der Waals surface area (Å²) in [5, 5.41) is 0. The first-order valence-corrected chi connectivity index (χ1v) is 5.20. The van der Waals surface area contributed by atoms with E-state index in [4.69, 9.17) is 11.1 Å². The van der Waals surface area contributed by atoms with E-state index >= 15 is 0 Å². The number of hydrogen-bond acceptors (Lipinski definition) is 8. The van der Waals surface area contributed by atoms with Gasteiger partial charge in [0.05, 0.1) is 20.6 Å². The van der Waals surface area contributed by atoms with E-state index in [0.29, 0.717) is 0 Å². The minimum absolute atomic E-state index is 0.403. The molecule has 0 atom stereocenters. The standard InChI is InChI=1S/C10H12N4O6/c1-5(15)7(13-11)9(17)19-3-4-20-10(18)8(14-12)6(2)16/h11-12H,3-4H2,1-2H3/q+2. The quantitative estimate of drug-likeness (QED) is 0.146. The smallest absolute Gasteiger partial charge is 0.453 e. The molecular weight excluding hydrogens is 272 g/mol. The minimum atomic E-state index is -1.12. The molecule has 0 saturated carbocycles. The van der Waals surface area contributed by atoms with Gasteiger partial charge in [-0.15, -0.1) is 0 Å². The highest BCUT2D eigenvalue weighted by molar-refractivity contribution is 6.62.